The number of nitro groups is 1. The van der Waals surface area contributed by atoms with Crippen LogP contribution in [0.15, 0.2) is 18.2 Å². The Kier molecular flexibility index (Phi) is 2.68. The molecule has 7 nitrogen and oxygen atoms in total. The van der Waals surface area contributed by atoms with E-state index >= 15 is 0 Å². The summed E-state index contributed by atoms with van der Waals surface area (Å²) in [6.07, 6.45) is 0.316. The molecule has 0 saturated carbocycles. The van der Waals surface area contributed by atoms with Crippen molar-refractivity contribution in [3.63, 3.8) is 0 Å². The predicted molar refractivity (Wildman–Crippen MR) is 71.2 cm³/mol. The van der Waals surface area contributed by atoms with Gasteiger partial charge in [-0.25, -0.2) is 4.98 Å². The van der Waals surface area contributed by atoms with Crippen LogP contribution in [0.4, 0.5) is 10.8 Å². The molecule has 19 heavy (non-hydrogen) atoms. The Morgan fingerprint density at radius 2 is 2.32 bits per heavy atom. The molecule has 1 aliphatic heterocycles. The molecule has 1 saturated heterocycles. The Balaban J connectivity index is 2.02. The van der Waals surface area contributed by atoms with Crippen LogP contribution in [0, 0.1) is 10.1 Å². The minimum absolute atomic E-state index is 0.00574. The summed E-state index contributed by atoms with van der Waals surface area (Å²) < 4.78 is 0.814. The molecule has 1 fully saturated rings. The van der Waals surface area contributed by atoms with Crippen LogP contribution in [0.2, 0.25) is 0 Å². The minimum atomic E-state index is -0.463. The molecule has 2 N–H and O–H groups in total. The Labute approximate surface area is 111 Å². The molecule has 98 valence electrons. The van der Waals surface area contributed by atoms with Crippen molar-refractivity contribution < 1.29 is 9.72 Å². The summed E-state index contributed by atoms with van der Waals surface area (Å²) in [4.78, 5) is 27.8. The lowest BCUT2D eigenvalue weighted by atomic mass is 10.3. The Morgan fingerprint density at radius 3 is 2.95 bits per heavy atom. The van der Waals surface area contributed by atoms with Crippen molar-refractivity contribution in [2.75, 3.05) is 11.4 Å². The van der Waals surface area contributed by atoms with Gasteiger partial charge in [-0.1, -0.05) is 11.3 Å². The topological polar surface area (TPSA) is 102 Å². The van der Waals surface area contributed by atoms with E-state index in [0.29, 0.717) is 23.6 Å². The minimum Gasteiger partial charge on any atom is -0.326 e. The summed E-state index contributed by atoms with van der Waals surface area (Å²) in [5, 5.41) is 11.3. The van der Waals surface area contributed by atoms with Gasteiger partial charge in [-0.3, -0.25) is 19.8 Å². The Hall–Kier alpha value is -2.06. The van der Waals surface area contributed by atoms with Gasteiger partial charge in [-0.15, -0.1) is 0 Å². The summed E-state index contributed by atoms with van der Waals surface area (Å²) in [7, 11) is 0. The van der Waals surface area contributed by atoms with Crippen molar-refractivity contribution in [3.8, 4) is 0 Å². The van der Waals surface area contributed by atoms with Crippen LogP contribution in [-0.4, -0.2) is 28.4 Å². The number of fused-ring (bicyclic) bond motifs is 1. The van der Waals surface area contributed by atoms with Crippen LogP contribution < -0.4 is 10.6 Å². The second kappa shape index (κ2) is 4.25. The van der Waals surface area contributed by atoms with E-state index in [9.17, 15) is 14.9 Å². The van der Waals surface area contributed by atoms with Gasteiger partial charge in [0.15, 0.2) is 5.13 Å². The number of nitrogens with zero attached hydrogens (tertiary/aromatic N) is 3. The van der Waals surface area contributed by atoms with Gasteiger partial charge in [0.05, 0.1) is 15.1 Å². The Bertz CT molecular complexity index is 684. The van der Waals surface area contributed by atoms with Crippen molar-refractivity contribution in [1.82, 2.24) is 4.98 Å². The third-order valence-corrected chi connectivity index (χ3v) is 4.02. The smallest absolute Gasteiger partial charge is 0.271 e. The quantitative estimate of drug-likeness (QED) is 0.658. The first kappa shape index (κ1) is 12.0. The lowest BCUT2D eigenvalue weighted by Gasteiger charge is -2.10. The highest BCUT2D eigenvalue weighted by molar-refractivity contribution is 7.22. The molecule has 1 unspecified atom stereocenters. The van der Waals surface area contributed by atoms with E-state index in [2.05, 4.69) is 4.98 Å². The fraction of sp³-hybridized carbons (Fsp3) is 0.273. The molecular weight excluding hydrogens is 268 g/mol. The number of rotatable bonds is 2. The lowest BCUT2D eigenvalue weighted by Crippen LogP contribution is -2.27. The number of hydrogen-bond donors (Lipinski definition) is 1. The average molecular weight is 278 g/mol. The summed E-state index contributed by atoms with van der Waals surface area (Å²) in [6, 6.07) is 4.32. The normalized spacial score (nSPS) is 19.3. The molecule has 8 heteroatoms. The zero-order valence-electron chi connectivity index (χ0n) is 9.78. The van der Waals surface area contributed by atoms with E-state index in [4.69, 9.17) is 5.73 Å². The first-order chi connectivity index (χ1) is 9.04. The molecule has 0 spiro atoms. The van der Waals surface area contributed by atoms with Crippen LogP contribution in [0.3, 0.4) is 0 Å². The molecule has 2 heterocycles. The summed E-state index contributed by atoms with van der Waals surface area (Å²) in [5.74, 6) is -0.0546. The van der Waals surface area contributed by atoms with E-state index < -0.39 is 4.92 Å². The van der Waals surface area contributed by atoms with Crippen LogP contribution >= 0.6 is 11.3 Å². The van der Waals surface area contributed by atoms with Gasteiger partial charge >= 0.3 is 0 Å². The van der Waals surface area contributed by atoms with Crippen molar-refractivity contribution >= 4 is 38.3 Å². The maximum atomic E-state index is 11.7. The molecule has 1 aromatic carbocycles. The number of nitro benzene ring substituents is 1. The van der Waals surface area contributed by atoms with Gasteiger partial charge < -0.3 is 5.73 Å². The van der Waals surface area contributed by atoms with E-state index in [1.807, 2.05) is 0 Å². The van der Waals surface area contributed by atoms with Crippen LogP contribution in [-0.2, 0) is 4.79 Å². The molecule has 0 radical (unpaired) electrons. The van der Waals surface area contributed by atoms with Crippen LogP contribution in [0.25, 0.3) is 10.2 Å². The average Bonchev–Trinajstić information content (AvgIpc) is 2.90. The second-order valence-electron chi connectivity index (χ2n) is 4.37. The van der Waals surface area contributed by atoms with Crippen molar-refractivity contribution in [2.24, 2.45) is 5.73 Å². The number of non-ortho nitro benzene ring substituents is 1. The van der Waals surface area contributed by atoms with Crippen LogP contribution in [0.5, 0.6) is 0 Å². The van der Waals surface area contributed by atoms with E-state index in [-0.39, 0.29) is 17.6 Å². The zero-order chi connectivity index (χ0) is 13.6. The summed E-state index contributed by atoms with van der Waals surface area (Å²) >= 11 is 1.34. The molecule has 1 atom stereocenters. The van der Waals surface area contributed by atoms with Gasteiger partial charge in [-0.2, -0.15) is 0 Å². The highest BCUT2D eigenvalue weighted by Crippen LogP contribution is 2.32. The standard InChI is InChI=1S/C11H10N4O3S/c12-6-3-10(16)14(5-6)11-13-8-4-7(15(17)18)1-2-9(8)19-11/h1-2,4,6H,3,5,12H2. The number of hydrogen-bond acceptors (Lipinski definition) is 6. The number of thiazole rings is 1. The Morgan fingerprint density at radius 1 is 1.53 bits per heavy atom. The molecule has 1 aromatic heterocycles. The molecule has 0 aliphatic carbocycles. The van der Waals surface area contributed by atoms with E-state index in [1.165, 1.54) is 23.5 Å². The highest BCUT2D eigenvalue weighted by atomic mass is 32.1. The van der Waals surface area contributed by atoms with Gasteiger partial charge in [0, 0.05) is 31.1 Å². The third-order valence-electron chi connectivity index (χ3n) is 2.96. The van der Waals surface area contributed by atoms with E-state index in [0.717, 1.165) is 4.70 Å². The molecule has 1 aliphatic rings. The fourth-order valence-corrected chi connectivity index (χ4v) is 3.03. The third kappa shape index (κ3) is 2.04. The largest absolute Gasteiger partial charge is 0.326 e. The summed E-state index contributed by atoms with van der Waals surface area (Å²) in [5.41, 5.74) is 6.26. The molecule has 0 bridgehead atoms. The molecular formula is C11H10N4O3S. The van der Waals surface area contributed by atoms with Crippen molar-refractivity contribution in [2.45, 2.75) is 12.5 Å². The maximum Gasteiger partial charge on any atom is 0.271 e. The molecule has 1 amide bonds. The number of benzene rings is 1. The maximum absolute atomic E-state index is 11.7. The SMILES string of the molecule is NC1CC(=O)N(c2nc3cc([N+](=O)[O-])ccc3s2)C1. The predicted octanol–water partition coefficient (Wildman–Crippen LogP) is 1.27. The first-order valence-electron chi connectivity index (χ1n) is 5.65. The highest BCUT2D eigenvalue weighted by Gasteiger charge is 2.30. The zero-order valence-corrected chi connectivity index (χ0v) is 10.6. The van der Waals surface area contributed by atoms with Gasteiger partial charge in [0.25, 0.3) is 5.69 Å². The second-order valence-corrected chi connectivity index (χ2v) is 5.38. The van der Waals surface area contributed by atoms with Crippen molar-refractivity contribution in [3.05, 3.63) is 28.3 Å². The number of amides is 1. The van der Waals surface area contributed by atoms with E-state index in [1.54, 1.807) is 11.0 Å². The molecule has 2 aromatic rings. The number of anilines is 1. The van der Waals surface area contributed by atoms with Crippen molar-refractivity contribution in [1.29, 1.82) is 0 Å². The fourth-order valence-electron chi connectivity index (χ4n) is 2.05. The monoisotopic (exact) mass is 278 g/mol. The molecule has 3 rings (SSSR count). The number of aromatic nitrogens is 1. The summed E-state index contributed by atoms with van der Waals surface area (Å²) in [6.45, 7) is 0.445. The first-order valence-corrected chi connectivity index (χ1v) is 6.47. The van der Waals surface area contributed by atoms with Crippen LogP contribution in [0.1, 0.15) is 6.42 Å². The lowest BCUT2D eigenvalue weighted by molar-refractivity contribution is -0.384. The van der Waals surface area contributed by atoms with Gasteiger partial charge in [0.2, 0.25) is 5.91 Å². The number of nitrogens with two attached hydrogens (primary N) is 1. The number of carbonyl (C=O) groups excluding carboxylic acids is 1. The van der Waals surface area contributed by atoms with Gasteiger partial charge in [0.1, 0.15) is 0 Å². The number of carbonyl (C=O) groups is 1. The van der Waals surface area contributed by atoms with Gasteiger partial charge in [-0.05, 0) is 6.07 Å².